The number of pyridine rings is 1. The summed E-state index contributed by atoms with van der Waals surface area (Å²) in [5.74, 6) is 0.0605. The Kier molecular flexibility index (Phi) is 6.52. The standard InChI is InChI=1S/C21H24N2O2/c1-4-15(2)19(10-11-20-16(3)7-6-12-22-20)21(25)23-14-17-8-5-9-18(24)13-17/h5-13,24H,4,14H2,1-3H3,(H,23,25)/b11-10-,19-15-. The zero-order valence-electron chi connectivity index (χ0n) is 14.9. The summed E-state index contributed by atoms with van der Waals surface area (Å²) in [4.78, 5) is 16.9. The fourth-order valence-electron chi connectivity index (χ4n) is 2.38. The first-order valence-electron chi connectivity index (χ1n) is 8.36. The molecular formula is C21H24N2O2. The lowest BCUT2D eigenvalue weighted by Gasteiger charge is -2.09. The van der Waals surface area contributed by atoms with Crippen molar-refractivity contribution in [1.82, 2.24) is 10.3 Å². The molecule has 0 aliphatic heterocycles. The van der Waals surface area contributed by atoms with Crippen LogP contribution in [0.3, 0.4) is 0 Å². The molecule has 130 valence electrons. The van der Waals surface area contributed by atoms with Crippen molar-refractivity contribution in [2.75, 3.05) is 0 Å². The lowest BCUT2D eigenvalue weighted by atomic mass is 10.0. The lowest BCUT2D eigenvalue weighted by Crippen LogP contribution is -2.24. The molecular weight excluding hydrogens is 312 g/mol. The number of aryl methyl sites for hydroxylation is 1. The third kappa shape index (κ3) is 5.31. The summed E-state index contributed by atoms with van der Waals surface area (Å²) in [6.07, 6.45) is 6.23. The van der Waals surface area contributed by atoms with Gasteiger partial charge in [-0.2, -0.15) is 0 Å². The van der Waals surface area contributed by atoms with E-state index < -0.39 is 0 Å². The second kappa shape index (κ2) is 8.83. The molecule has 0 bridgehead atoms. The monoisotopic (exact) mass is 336 g/mol. The number of aromatic hydroxyl groups is 1. The van der Waals surface area contributed by atoms with Crippen molar-refractivity contribution in [3.05, 3.63) is 76.6 Å². The van der Waals surface area contributed by atoms with Gasteiger partial charge in [0.1, 0.15) is 5.75 Å². The third-order valence-electron chi connectivity index (χ3n) is 4.06. The maximum absolute atomic E-state index is 12.6. The predicted molar refractivity (Wildman–Crippen MR) is 101 cm³/mol. The number of hydrogen-bond donors (Lipinski definition) is 2. The van der Waals surface area contributed by atoms with Gasteiger partial charge in [0.2, 0.25) is 0 Å². The van der Waals surface area contributed by atoms with Crippen LogP contribution in [-0.4, -0.2) is 16.0 Å². The van der Waals surface area contributed by atoms with Crippen molar-refractivity contribution >= 4 is 12.0 Å². The fourth-order valence-corrected chi connectivity index (χ4v) is 2.38. The predicted octanol–water partition coefficient (Wildman–Crippen LogP) is 4.15. The average Bonchev–Trinajstić information content (AvgIpc) is 2.61. The van der Waals surface area contributed by atoms with Gasteiger partial charge in [-0.25, -0.2) is 0 Å². The minimum absolute atomic E-state index is 0.132. The largest absolute Gasteiger partial charge is 0.508 e. The zero-order chi connectivity index (χ0) is 18.2. The van der Waals surface area contributed by atoms with Crippen LogP contribution in [0.4, 0.5) is 0 Å². The Morgan fingerprint density at radius 1 is 1.28 bits per heavy atom. The van der Waals surface area contributed by atoms with Gasteiger partial charge in [0, 0.05) is 18.3 Å². The Morgan fingerprint density at radius 3 is 2.76 bits per heavy atom. The number of carbonyl (C=O) groups excluding carboxylic acids is 1. The molecule has 0 saturated carbocycles. The van der Waals surface area contributed by atoms with Gasteiger partial charge in [0.15, 0.2) is 0 Å². The van der Waals surface area contributed by atoms with Crippen molar-refractivity contribution in [1.29, 1.82) is 0 Å². The Morgan fingerprint density at radius 2 is 2.08 bits per heavy atom. The van der Waals surface area contributed by atoms with Crippen LogP contribution in [0, 0.1) is 6.92 Å². The highest BCUT2D eigenvalue weighted by atomic mass is 16.3. The van der Waals surface area contributed by atoms with E-state index in [4.69, 9.17) is 0 Å². The van der Waals surface area contributed by atoms with Crippen LogP contribution in [0.25, 0.3) is 6.08 Å². The molecule has 0 aliphatic rings. The maximum atomic E-state index is 12.6. The van der Waals surface area contributed by atoms with E-state index in [2.05, 4.69) is 10.3 Å². The number of aromatic nitrogens is 1. The van der Waals surface area contributed by atoms with Crippen LogP contribution in [0.5, 0.6) is 5.75 Å². The summed E-state index contributed by atoms with van der Waals surface area (Å²) in [6, 6.07) is 10.8. The summed E-state index contributed by atoms with van der Waals surface area (Å²) in [7, 11) is 0. The van der Waals surface area contributed by atoms with Gasteiger partial charge < -0.3 is 10.4 Å². The Bertz CT molecular complexity index is 807. The topological polar surface area (TPSA) is 62.2 Å². The third-order valence-corrected chi connectivity index (χ3v) is 4.06. The smallest absolute Gasteiger partial charge is 0.251 e. The molecule has 2 N–H and O–H groups in total. The quantitative estimate of drug-likeness (QED) is 0.615. The summed E-state index contributed by atoms with van der Waals surface area (Å²) in [6.45, 7) is 6.34. The molecule has 0 saturated heterocycles. The van der Waals surface area contributed by atoms with Gasteiger partial charge in [-0.3, -0.25) is 9.78 Å². The highest BCUT2D eigenvalue weighted by Crippen LogP contribution is 2.15. The number of benzene rings is 1. The van der Waals surface area contributed by atoms with E-state index in [1.54, 1.807) is 24.4 Å². The zero-order valence-corrected chi connectivity index (χ0v) is 14.9. The Hall–Kier alpha value is -2.88. The molecule has 0 spiro atoms. The molecule has 0 aliphatic carbocycles. The van der Waals surface area contributed by atoms with E-state index in [0.717, 1.165) is 28.8 Å². The number of nitrogens with one attached hydrogen (secondary N) is 1. The first-order valence-corrected chi connectivity index (χ1v) is 8.36. The number of phenols is 1. The average molecular weight is 336 g/mol. The normalized spacial score (nSPS) is 12.1. The lowest BCUT2D eigenvalue weighted by molar-refractivity contribution is -0.117. The Labute approximate surface area is 148 Å². The number of hydrogen-bond acceptors (Lipinski definition) is 3. The van der Waals surface area contributed by atoms with E-state index in [0.29, 0.717) is 12.1 Å². The van der Waals surface area contributed by atoms with Gasteiger partial charge in [-0.05, 0) is 61.7 Å². The highest BCUT2D eigenvalue weighted by molar-refractivity contribution is 5.97. The van der Waals surface area contributed by atoms with Crippen LogP contribution in [0.2, 0.25) is 0 Å². The van der Waals surface area contributed by atoms with E-state index in [-0.39, 0.29) is 11.7 Å². The molecule has 4 nitrogen and oxygen atoms in total. The second-order valence-electron chi connectivity index (χ2n) is 5.94. The first kappa shape index (κ1) is 18.5. The van der Waals surface area contributed by atoms with Gasteiger partial charge in [0.05, 0.1) is 5.69 Å². The molecule has 2 rings (SSSR count). The van der Waals surface area contributed by atoms with Crippen LogP contribution in [0.15, 0.2) is 59.8 Å². The van der Waals surface area contributed by atoms with Gasteiger partial charge in [0.25, 0.3) is 5.91 Å². The highest BCUT2D eigenvalue weighted by Gasteiger charge is 2.10. The minimum Gasteiger partial charge on any atom is -0.508 e. The van der Waals surface area contributed by atoms with Crippen LogP contribution in [-0.2, 0) is 11.3 Å². The maximum Gasteiger partial charge on any atom is 0.251 e. The minimum atomic E-state index is -0.132. The Balaban J connectivity index is 2.15. The van der Waals surface area contributed by atoms with E-state index in [9.17, 15) is 9.90 Å². The molecule has 4 heteroatoms. The summed E-state index contributed by atoms with van der Waals surface area (Å²) in [5.41, 5.74) is 4.43. The van der Waals surface area contributed by atoms with Crippen LogP contribution >= 0.6 is 0 Å². The first-order chi connectivity index (χ1) is 12.0. The number of nitrogens with zero attached hydrogens (tertiary/aromatic N) is 1. The van der Waals surface area contributed by atoms with Gasteiger partial charge in [-0.1, -0.05) is 30.7 Å². The molecule has 0 fully saturated rings. The van der Waals surface area contributed by atoms with E-state index >= 15 is 0 Å². The summed E-state index contributed by atoms with van der Waals surface area (Å²) >= 11 is 0. The van der Waals surface area contributed by atoms with Crippen molar-refractivity contribution in [2.45, 2.75) is 33.7 Å². The van der Waals surface area contributed by atoms with E-state index in [1.807, 2.05) is 51.1 Å². The molecule has 0 unspecified atom stereocenters. The number of carbonyl (C=O) groups is 1. The van der Waals surface area contributed by atoms with Gasteiger partial charge >= 0.3 is 0 Å². The summed E-state index contributed by atoms with van der Waals surface area (Å²) in [5, 5.41) is 12.4. The van der Waals surface area contributed by atoms with Crippen molar-refractivity contribution in [2.24, 2.45) is 0 Å². The number of phenolic OH excluding ortho intramolecular Hbond substituents is 1. The van der Waals surface area contributed by atoms with Crippen LogP contribution in [0.1, 0.15) is 37.1 Å². The molecule has 1 heterocycles. The fraction of sp³-hybridized carbons (Fsp3) is 0.238. The molecule has 0 atom stereocenters. The van der Waals surface area contributed by atoms with Crippen molar-refractivity contribution in [3.63, 3.8) is 0 Å². The molecule has 1 amide bonds. The van der Waals surface area contributed by atoms with Gasteiger partial charge in [-0.15, -0.1) is 0 Å². The number of rotatable bonds is 6. The summed E-state index contributed by atoms with van der Waals surface area (Å²) < 4.78 is 0. The number of amides is 1. The van der Waals surface area contributed by atoms with E-state index in [1.165, 1.54) is 0 Å². The molecule has 1 aromatic heterocycles. The number of allylic oxidation sites excluding steroid dienone is 1. The molecule has 2 aromatic rings. The molecule has 1 aromatic carbocycles. The SMILES string of the molecule is CC/C(C)=C(/C=C\c1ncccc1C)C(=O)NCc1cccc(O)c1. The van der Waals surface area contributed by atoms with Crippen molar-refractivity contribution < 1.29 is 9.90 Å². The second-order valence-corrected chi connectivity index (χ2v) is 5.94. The molecule has 0 radical (unpaired) electrons. The van der Waals surface area contributed by atoms with Crippen LogP contribution < -0.4 is 5.32 Å². The molecule has 25 heavy (non-hydrogen) atoms. The van der Waals surface area contributed by atoms with Crippen molar-refractivity contribution in [3.8, 4) is 5.75 Å².